The van der Waals surface area contributed by atoms with Crippen LogP contribution in [-0.2, 0) is 28.7 Å². The van der Waals surface area contributed by atoms with E-state index in [1.165, 1.54) is 20.0 Å². The summed E-state index contributed by atoms with van der Waals surface area (Å²) in [7, 11) is 1.39. The van der Waals surface area contributed by atoms with Gasteiger partial charge in [0.15, 0.2) is 0 Å². The molecule has 0 aromatic heterocycles. The third-order valence-corrected chi connectivity index (χ3v) is 3.08. The second-order valence-corrected chi connectivity index (χ2v) is 5.47. The average molecular weight is 359 g/mol. The van der Waals surface area contributed by atoms with Crippen LogP contribution in [0.4, 0.5) is 0 Å². The number of hydrogen-bond acceptors (Lipinski definition) is 10. The minimum atomic E-state index is -2.75. The van der Waals surface area contributed by atoms with Crippen LogP contribution < -0.4 is 0 Å². The summed E-state index contributed by atoms with van der Waals surface area (Å²) in [5.74, 6) is -7.93. The number of esters is 2. The highest BCUT2D eigenvalue weighted by atomic mass is 16.7. The van der Waals surface area contributed by atoms with Gasteiger partial charge in [-0.05, 0) is 11.6 Å². The van der Waals surface area contributed by atoms with Gasteiger partial charge in [-0.3, -0.25) is 14.4 Å². The molecule has 140 valence electrons. The van der Waals surface area contributed by atoms with E-state index in [0.717, 1.165) is 31.1 Å². The predicted molar refractivity (Wildman–Crippen MR) is 81.1 cm³/mol. The molecule has 10 nitrogen and oxygen atoms in total. The summed E-state index contributed by atoms with van der Waals surface area (Å²) in [6, 6.07) is 0. The minimum absolute atomic E-state index is 0.0274. The highest BCUT2D eigenvalue weighted by Gasteiger charge is 2.55. The zero-order chi connectivity index (χ0) is 19.4. The van der Waals surface area contributed by atoms with E-state index in [9.17, 15) is 29.7 Å². The van der Waals surface area contributed by atoms with Gasteiger partial charge < -0.3 is 29.6 Å². The molecule has 0 spiro atoms. The van der Waals surface area contributed by atoms with Gasteiger partial charge in [-0.1, -0.05) is 6.08 Å². The van der Waals surface area contributed by atoms with E-state index >= 15 is 0 Å². The lowest BCUT2D eigenvalue weighted by Gasteiger charge is -2.39. The van der Waals surface area contributed by atoms with Gasteiger partial charge in [0.05, 0.1) is 12.6 Å². The Hall–Kier alpha value is -2.27. The second kappa shape index (κ2) is 7.74. The summed E-state index contributed by atoms with van der Waals surface area (Å²) in [5.41, 5.74) is 0.0274. The molecule has 10 heteroatoms. The van der Waals surface area contributed by atoms with Crippen molar-refractivity contribution in [3.8, 4) is 0 Å². The van der Waals surface area contributed by atoms with Crippen molar-refractivity contribution in [2.45, 2.75) is 38.4 Å². The van der Waals surface area contributed by atoms with Crippen LogP contribution in [0.5, 0.6) is 0 Å². The maximum atomic E-state index is 11.3. The van der Waals surface area contributed by atoms with Crippen LogP contribution in [0, 0.1) is 0 Å². The van der Waals surface area contributed by atoms with Crippen molar-refractivity contribution in [1.29, 1.82) is 0 Å². The molecule has 0 saturated heterocycles. The summed E-state index contributed by atoms with van der Waals surface area (Å²) in [6.45, 7) is 2.96. The zero-order valence-electron chi connectivity index (χ0n) is 14.3. The summed E-state index contributed by atoms with van der Waals surface area (Å²) < 4.78 is 9.35. The Morgan fingerprint density at radius 3 is 2.08 bits per heavy atom. The first-order valence-corrected chi connectivity index (χ1v) is 7.22. The Kier molecular flexibility index (Phi) is 6.43. The number of likely N-dealkylation sites (N-methyl/N-ethyl adjacent to an activating group) is 1. The summed E-state index contributed by atoms with van der Waals surface area (Å²) >= 11 is 0. The van der Waals surface area contributed by atoms with E-state index in [1.54, 1.807) is 0 Å². The van der Waals surface area contributed by atoms with Crippen molar-refractivity contribution >= 4 is 17.9 Å². The van der Waals surface area contributed by atoms with Gasteiger partial charge in [-0.2, -0.15) is 0 Å². The van der Waals surface area contributed by atoms with Crippen LogP contribution in [0.3, 0.4) is 0 Å². The van der Waals surface area contributed by atoms with Crippen LogP contribution in [-0.4, -0.2) is 69.6 Å². The maximum absolute atomic E-state index is 11.3. The van der Waals surface area contributed by atoms with Gasteiger partial charge >= 0.3 is 29.5 Å². The van der Waals surface area contributed by atoms with E-state index in [4.69, 9.17) is 9.57 Å². The van der Waals surface area contributed by atoms with Crippen LogP contribution in [0.1, 0.15) is 20.8 Å². The molecule has 0 amide bonds. The smallest absolute Gasteiger partial charge is 0.322 e. The molecule has 1 aliphatic carbocycles. The Bertz CT molecular complexity index is 614. The lowest BCUT2D eigenvalue weighted by atomic mass is 9.92. The molecule has 1 aliphatic rings. The molecular formula is C15H21NO9. The van der Waals surface area contributed by atoms with Crippen molar-refractivity contribution in [3.05, 3.63) is 23.8 Å². The third-order valence-electron chi connectivity index (χ3n) is 3.08. The standard InChI is InChI=1S/C15H21NO9/c1-9(17)23-14(21)6-5-12(7-15(14,22)24-10(2)18)13(20)8-16(4)25-11(3)19/h5-7,13,20-22H,8H2,1-4H3. The number of carbonyl (C=O) groups is 3. The molecule has 1 rings (SSSR count). The first-order valence-electron chi connectivity index (χ1n) is 7.22. The molecule has 0 aromatic carbocycles. The molecule has 0 aromatic rings. The summed E-state index contributed by atoms with van der Waals surface area (Å²) in [5, 5.41) is 32.1. The number of rotatable bonds is 6. The molecule has 0 bridgehead atoms. The first-order chi connectivity index (χ1) is 11.4. The molecule has 3 N–H and O–H groups in total. The fraction of sp³-hybridized carbons (Fsp3) is 0.533. The van der Waals surface area contributed by atoms with Crippen LogP contribution >= 0.6 is 0 Å². The molecule has 0 heterocycles. The quantitative estimate of drug-likeness (QED) is 0.299. The van der Waals surface area contributed by atoms with Crippen molar-refractivity contribution in [3.63, 3.8) is 0 Å². The zero-order valence-corrected chi connectivity index (χ0v) is 14.3. The minimum Gasteiger partial charge on any atom is -0.422 e. The van der Waals surface area contributed by atoms with Gasteiger partial charge in [-0.15, -0.1) is 5.06 Å². The number of ether oxygens (including phenoxy) is 2. The Balaban J connectivity index is 3.09. The molecule has 0 aliphatic heterocycles. The van der Waals surface area contributed by atoms with Gasteiger partial charge in [0.2, 0.25) is 0 Å². The predicted octanol–water partition coefficient (Wildman–Crippen LogP) is -1.24. The number of hydrogen-bond donors (Lipinski definition) is 3. The van der Waals surface area contributed by atoms with E-state index in [0.29, 0.717) is 0 Å². The van der Waals surface area contributed by atoms with Crippen molar-refractivity contribution in [2.24, 2.45) is 0 Å². The Morgan fingerprint density at radius 1 is 1.08 bits per heavy atom. The topological polar surface area (TPSA) is 143 Å². The Labute approximate surface area is 143 Å². The Morgan fingerprint density at radius 2 is 1.60 bits per heavy atom. The van der Waals surface area contributed by atoms with Gasteiger partial charge in [-0.25, -0.2) is 0 Å². The number of carbonyl (C=O) groups excluding carboxylic acids is 3. The summed E-state index contributed by atoms with van der Waals surface area (Å²) in [6.07, 6.45) is 1.59. The molecule has 25 heavy (non-hydrogen) atoms. The first kappa shape index (κ1) is 20.8. The van der Waals surface area contributed by atoms with E-state index in [2.05, 4.69) is 4.74 Å². The van der Waals surface area contributed by atoms with Crippen LogP contribution in [0.2, 0.25) is 0 Å². The highest BCUT2D eigenvalue weighted by molar-refractivity contribution is 5.69. The molecular weight excluding hydrogens is 338 g/mol. The van der Waals surface area contributed by atoms with Crippen LogP contribution in [0.15, 0.2) is 23.8 Å². The molecule has 0 radical (unpaired) electrons. The lowest BCUT2D eigenvalue weighted by Crippen LogP contribution is -2.58. The van der Waals surface area contributed by atoms with E-state index in [-0.39, 0.29) is 12.1 Å². The number of aliphatic hydroxyl groups excluding tert-OH is 1. The highest BCUT2D eigenvalue weighted by Crippen LogP contribution is 2.35. The van der Waals surface area contributed by atoms with E-state index in [1.807, 2.05) is 0 Å². The lowest BCUT2D eigenvalue weighted by molar-refractivity contribution is -0.318. The van der Waals surface area contributed by atoms with Crippen molar-refractivity contribution in [2.75, 3.05) is 13.6 Å². The monoisotopic (exact) mass is 359 g/mol. The second-order valence-electron chi connectivity index (χ2n) is 5.47. The van der Waals surface area contributed by atoms with Crippen LogP contribution in [0.25, 0.3) is 0 Å². The van der Waals surface area contributed by atoms with Gasteiger partial charge in [0.25, 0.3) is 0 Å². The largest absolute Gasteiger partial charge is 0.422 e. The normalized spacial score (nSPS) is 26.6. The third kappa shape index (κ3) is 5.36. The summed E-state index contributed by atoms with van der Waals surface area (Å²) in [4.78, 5) is 38.0. The number of aliphatic hydroxyl groups is 3. The molecule has 3 unspecified atom stereocenters. The van der Waals surface area contributed by atoms with Crippen molar-refractivity contribution in [1.82, 2.24) is 5.06 Å². The molecule has 0 fully saturated rings. The SMILES string of the molecule is CC(=O)ON(C)CC(O)C1=CC(O)(OC(C)=O)C(O)(OC(C)=O)C=C1. The van der Waals surface area contributed by atoms with E-state index < -0.39 is 35.6 Å². The number of nitrogens with zero attached hydrogens (tertiary/aromatic N) is 1. The van der Waals surface area contributed by atoms with Gasteiger partial charge in [0.1, 0.15) is 0 Å². The maximum Gasteiger partial charge on any atom is 0.322 e. The fourth-order valence-electron chi connectivity index (χ4n) is 2.17. The van der Waals surface area contributed by atoms with Gasteiger partial charge in [0, 0.05) is 33.9 Å². The van der Waals surface area contributed by atoms with Crippen molar-refractivity contribution < 1.29 is 44.0 Å². The number of hydroxylamine groups is 2. The fourth-order valence-corrected chi connectivity index (χ4v) is 2.17. The average Bonchev–Trinajstić information content (AvgIpc) is 2.39. The molecule has 0 saturated carbocycles. The molecule has 3 atom stereocenters.